The highest BCUT2D eigenvalue weighted by Crippen LogP contribution is 2.41. The number of aromatic carboxylic acids is 1. The van der Waals surface area contributed by atoms with E-state index < -0.39 is 36.2 Å². The highest BCUT2D eigenvalue weighted by Gasteiger charge is 2.25. The number of hydrogen-bond donors (Lipinski definition) is 3. The molecule has 2 rings (SSSR count). The molecule has 4 N–H and O–H groups in total. The van der Waals surface area contributed by atoms with E-state index in [2.05, 4.69) is 0 Å². The normalized spacial score (nSPS) is 12.3. The van der Waals surface area contributed by atoms with E-state index in [9.17, 15) is 19.5 Å². The Labute approximate surface area is 171 Å². The molecule has 29 heavy (non-hydrogen) atoms. The monoisotopic (exact) mass is 421 g/mol. The Hall–Kier alpha value is -2.91. The van der Waals surface area contributed by atoms with E-state index in [0.717, 1.165) is 11.3 Å². The molecule has 0 fully saturated rings. The molecule has 0 spiro atoms. The molecule has 0 bridgehead atoms. The van der Waals surface area contributed by atoms with Gasteiger partial charge < -0.3 is 25.4 Å². The molecule has 0 saturated carbocycles. The first kappa shape index (κ1) is 22.4. The maximum atomic E-state index is 12.1. The number of carbonyl (C=O) groups is 3. The van der Waals surface area contributed by atoms with Gasteiger partial charge in [0, 0.05) is 10.4 Å². The fourth-order valence-corrected chi connectivity index (χ4v) is 3.66. The van der Waals surface area contributed by atoms with E-state index in [1.54, 1.807) is 52.0 Å². The van der Waals surface area contributed by atoms with Gasteiger partial charge >= 0.3 is 17.9 Å². The summed E-state index contributed by atoms with van der Waals surface area (Å²) in [4.78, 5) is 35.0. The van der Waals surface area contributed by atoms with E-state index >= 15 is 0 Å². The topological polar surface area (TPSA) is 136 Å². The summed E-state index contributed by atoms with van der Waals surface area (Å²) in [6, 6.07) is 5.82. The second-order valence-corrected chi connectivity index (χ2v) is 8.36. The number of carbonyl (C=O) groups excluding carboxylic acids is 1. The van der Waals surface area contributed by atoms with Gasteiger partial charge in [-0.25, -0.2) is 14.4 Å². The van der Waals surface area contributed by atoms with Crippen LogP contribution in [-0.4, -0.2) is 40.3 Å². The quantitative estimate of drug-likeness (QED) is 0.580. The van der Waals surface area contributed by atoms with E-state index in [-0.39, 0.29) is 10.6 Å². The Morgan fingerprint density at radius 2 is 1.72 bits per heavy atom. The highest BCUT2D eigenvalue weighted by molar-refractivity contribution is 7.18. The number of hydrogen-bond acceptors (Lipinski definition) is 7. The Morgan fingerprint density at radius 1 is 1.14 bits per heavy atom. The summed E-state index contributed by atoms with van der Waals surface area (Å²) >= 11 is 0.987. The minimum absolute atomic E-state index is 0.0365. The van der Waals surface area contributed by atoms with Crippen LogP contribution in [0, 0.1) is 6.92 Å². The van der Waals surface area contributed by atoms with Crippen molar-refractivity contribution >= 4 is 29.2 Å². The average molecular weight is 421 g/mol. The van der Waals surface area contributed by atoms with E-state index in [1.807, 2.05) is 0 Å². The van der Waals surface area contributed by atoms with Crippen LogP contribution in [0.3, 0.4) is 0 Å². The van der Waals surface area contributed by atoms with Crippen molar-refractivity contribution in [1.29, 1.82) is 0 Å². The molecule has 156 valence electrons. The Bertz CT molecular complexity index is 926. The maximum absolute atomic E-state index is 12.1. The molecule has 9 heteroatoms. The molecule has 1 aromatic carbocycles. The standard InChI is InChI=1S/C20H23NO7S/c1-10-15(27-9-13(22)23)17(18(24)25)29-16(10)12-7-5-11(6-8-12)14(21)19(26)28-20(2,3)4/h5-8,14H,9,21H2,1-4H3,(H,22,23)(H,24,25). The van der Waals surface area contributed by atoms with E-state index in [1.165, 1.54) is 0 Å². The SMILES string of the molecule is Cc1c(-c2ccc(C(N)C(=O)OC(C)(C)C)cc2)sc(C(=O)O)c1OCC(=O)O. The molecule has 1 atom stereocenters. The lowest BCUT2D eigenvalue weighted by atomic mass is 10.0. The molecule has 0 saturated heterocycles. The molecule has 0 amide bonds. The molecule has 1 heterocycles. The second-order valence-electron chi connectivity index (χ2n) is 7.34. The Morgan fingerprint density at radius 3 is 2.21 bits per heavy atom. The summed E-state index contributed by atoms with van der Waals surface area (Å²) in [6.45, 7) is 6.29. The van der Waals surface area contributed by atoms with Crippen LogP contribution in [0.15, 0.2) is 24.3 Å². The lowest BCUT2D eigenvalue weighted by Crippen LogP contribution is -2.31. The van der Waals surface area contributed by atoms with Gasteiger partial charge in [0.05, 0.1) is 0 Å². The molecule has 1 unspecified atom stereocenters. The van der Waals surface area contributed by atoms with Crippen LogP contribution in [0.5, 0.6) is 5.75 Å². The summed E-state index contributed by atoms with van der Waals surface area (Å²) in [6.07, 6.45) is 0. The number of aliphatic carboxylic acids is 1. The molecule has 1 aromatic heterocycles. The Kier molecular flexibility index (Phi) is 6.66. The van der Waals surface area contributed by atoms with Crippen molar-refractivity contribution in [3.05, 3.63) is 40.3 Å². The number of carboxylic acid groups (broad SMARTS) is 2. The maximum Gasteiger partial charge on any atom is 0.349 e. The fraction of sp³-hybridized carbons (Fsp3) is 0.350. The van der Waals surface area contributed by atoms with Crippen molar-refractivity contribution in [2.75, 3.05) is 6.61 Å². The molecular formula is C20H23NO7S. The molecule has 8 nitrogen and oxygen atoms in total. The van der Waals surface area contributed by atoms with Crippen LogP contribution < -0.4 is 10.5 Å². The summed E-state index contributed by atoms with van der Waals surface area (Å²) in [5, 5.41) is 18.2. The van der Waals surface area contributed by atoms with Gasteiger partial charge in [-0.05, 0) is 38.8 Å². The molecular weight excluding hydrogens is 398 g/mol. The van der Waals surface area contributed by atoms with Gasteiger partial charge in [0.15, 0.2) is 11.5 Å². The van der Waals surface area contributed by atoms with Crippen molar-refractivity contribution in [2.45, 2.75) is 39.3 Å². The zero-order valence-corrected chi connectivity index (χ0v) is 17.3. The van der Waals surface area contributed by atoms with Crippen LogP contribution in [0.4, 0.5) is 0 Å². The molecule has 0 aliphatic heterocycles. The summed E-state index contributed by atoms with van der Waals surface area (Å²) < 4.78 is 10.5. The van der Waals surface area contributed by atoms with Gasteiger partial charge in [0.2, 0.25) is 0 Å². The van der Waals surface area contributed by atoms with Gasteiger partial charge in [0.25, 0.3) is 0 Å². The number of thiophene rings is 1. The predicted molar refractivity (Wildman–Crippen MR) is 107 cm³/mol. The first-order valence-corrected chi connectivity index (χ1v) is 9.52. The second kappa shape index (κ2) is 8.62. The third kappa shape index (κ3) is 5.55. The van der Waals surface area contributed by atoms with Crippen LogP contribution in [0.2, 0.25) is 0 Å². The zero-order chi connectivity index (χ0) is 21.9. The van der Waals surface area contributed by atoms with Crippen LogP contribution in [0.25, 0.3) is 10.4 Å². The predicted octanol–water partition coefficient (Wildman–Crippen LogP) is 3.23. The molecule has 0 aliphatic rings. The van der Waals surface area contributed by atoms with Gasteiger partial charge in [-0.2, -0.15) is 0 Å². The third-order valence-corrected chi connectivity index (χ3v) is 5.13. The number of carboxylic acids is 2. The van der Waals surface area contributed by atoms with Gasteiger partial charge in [-0.15, -0.1) is 11.3 Å². The van der Waals surface area contributed by atoms with Crippen molar-refractivity contribution in [3.63, 3.8) is 0 Å². The molecule has 0 radical (unpaired) electrons. The van der Waals surface area contributed by atoms with E-state index in [0.29, 0.717) is 21.6 Å². The average Bonchev–Trinajstić information content (AvgIpc) is 2.94. The van der Waals surface area contributed by atoms with Crippen molar-refractivity contribution in [2.24, 2.45) is 5.73 Å². The van der Waals surface area contributed by atoms with Crippen LogP contribution >= 0.6 is 11.3 Å². The minimum atomic E-state index is -1.20. The number of nitrogens with two attached hydrogens (primary N) is 1. The van der Waals surface area contributed by atoms with Gasteiger partial charge in [-0.3, -0.25) is 0 Å². The lowest BCUT2D eigenvalue weighted by Gasteiger charge is -2.22. The van der Waals surface area contributed by atoms with Crippen LogP contribution in [-0.2, 0) is 14.3 Å². The molecule has 2 aromatic rings. The number of ether oxygens (including phenoxy) is 2. The largest absolute Gasteiger partial charge is 0.480 e. The van der Waals surface area contributed by atoms with Gasteiger partial charge in [0.1, 0.15) is 17.4 Å². The summed E-state index contributed by atoms with van der Waals surface area (Å²) in [5.74, 6) is -2.91. The van der Waals surface area contributed by atoms with Gasteiger partial charge in [-0.1, -0.05) is 24.3 Å². The fourth-order valence-electron chi connectivity index (χ4n) is 2.57. The lowest BCUT2D eigenvalue weighted by molar-refractivity contribution is -0.156. The highest BCUT2D eigenvalue weighted by atomic mass is 32.1. The minimum Gasteiger partial charge on any atom is -0.480 e. The smallest absolute Gasteiger partial charge is 0.349 e. The van der Waals surface area contributed by atoms with Crippen LogP contribution in [0.1, 0.15) is 47.6 Å². The molecule has 0 aliphatic carbocycles. The van der Waals surface area contributed by atoms with Crippen molar-refractivity contribution < 1.29 is 34.1 Å². The number of rotatable bonds is 7. The zero-order valence-electron chi connectivity index (χ0n) is 16.5. The first-order chi connectivity index (χ1) is 13.4. The summed E-state index contributed by atoms with van der Waals surface area (Å²) in [5.41, 5.74) is 7.10. The summed E-state index contributed by atoms with van der Waals surface area (Å²) in [7, 11) is 0. The number of esters is 1. The third-order valence-electron chi connectivity index (χ3n) is 3.82. The van der Waals surface area contributed by atoms with Crippen molar-refractivity contribution in [3.8, 4) is 16.2 Å². The number of benzene rings is 1. The van der Waals surface area contributed by atoms with E-state index in [4.69, 9.17) is 20.3 Å². The first-order valence-electron chi connectivity index (χ1n) is 8.70. The Balaban J connectivity index is 2.32. The van der Waals surface area contributed by atoms with Crippen molar-refractivity contribution in [1.82, 2.24) is 0 Å².